The van der Waals surface area contributed by atoms with Crippen LogP contribution in [0, 0.1) is 12.1 Å². The number of fused-ring (bicyclic) bond motifs is 1. The van der Waals surface area contributed by atoms with Crippen LogP contribution in [0.3, 0.4) is 0 Å². The lowest BCUT2D eigenvalue weighted by Crippen LogP contribution is -2.34. The third-order valence-electron chi connectivity index (χ3n) is 3.16. The van der Waals surface area contributed by atoms with Gasteiger partial charge in [0.15, 0.2) is 0 Å². The Hall–Kier alpha value is -1.46. The van der Waals surface area contributed by atoms with Crippen molar-refractivity contribution < 1.29 is 4.73 Å². The van der Waals surface area contributed by atoms with Gasteiger partial charge < -0.3 is 5.21 Å². The number of hydrogen-bond acceptors (Lipinski definition) is 2. The van der Waals surface area contributed by atoms with Gasteiger partial charge in [-0.15, -0.1) is 0 Å². The average molecular weight is 394 g/mol. The molecule has 5 heteroatoms. The third kappa shape index (κ3) is 2.21. The molecule has 0 bridgehead atoms. The van der Waals surface area contributed by atoms with Gasteiger partial charge in [-0.2, -0.15) is 0 Å². The minimum absolute atomic E-state index is 0.415. The van der Waals surface area contributed by atoms with Crippen molar-refractivity contribution in [3.63, 3.8) is 0 Å². The number of aryl methyl sites for hydroxylation is 1. The molecule has 20 heavy (non-hydrogen) atoms. The predicted octanol–water partition coefficient (Wildman–Crippen LogP) is 4.37. The van der Waals surface area contributed by atoms with Crippen LogP contribution in [0.25, 0.3) is 22.3 Å². The second-order valence-corrected chi connectivity index (χ2v) is 6.24. The maximum atomic E-state index is 12.4. The lowest BCUT2D eigenvalue weighted by atomic mass is 10.1. The van der Waals surface area contributed by atoms with Crippen LogP contribution in [-0.4, -0.2) is 4.98 Å². The van der Waals surface area contributed by atoms with Gasteiger partial charge in [-0.3, -0.25) is 0 Å². The molecule has 0 unspecified atom stereocenters. The minimum Gasteiger partial charge on any atom is -0.710 e. The molecule has 0 atom stereocenters. The summed E-state index contributed by atoms with van der Waals surface area (Å²) in [7, 11) is 0. The van der Waals surface area contributed by atoms with Crippen molar-refractivity contribution in [1.82, 2.24) is 4.98 Å². The Bertz CT molecular complexity index is 804. The minimum atomic E-state index is 0.415. The molecule has 2 aromatic carbocycles. The Morgan fingerprint density at radius 1 is 1.10 bits per heavy atom. The van der Waals surface area contributed by atoms with Crippen LogP contribution in [0.5, 0.6) is 0 Å². The molecule has 0 amide bonds. The van der Waals surface area contributed by atoms with Gasteiger partial charge in [-0.05, 0) is 52.1 Å². The molecule has 0 radical (unpaired) electrons. The van der Waals surface area contributed by atoms with E-state index in [1.165, 1.54) is 0 Å². The SMILES string of the molecule is Cc1c2cc(Br)cc(Br)c2nc(-c2ccccc2)[n+]1[O-]. The Kier molecular flexibility index (Phi) is 3.48. The van der Waals surface area contributed by atoms with Gasteiger partial charge in [0.25, 0.3) is 0 Å². The first-order chi connectivity index (χ1) is 9.58. The summed E-state index contributed by atoms with van der Waals surface area (Å²) in [6.45, 7) is 1.81. The Morgan fingerprint density at radius 2 is 1.80 bits per heavy atom. The second kappa shape index (κ2) is 5.14. The van der Waals surface area contributed by atoms with E-state index in [4.69, 9.17) is 0 Å². The van der Waals surface area contributed by atoms with E-state index < -0.39 is 0 Å². The molecule has 3 rings (SSSR count). The number of nitrogens with zero attached hydrogens (tertiary/aromatic N) is 2. The molecule has 100 valence electrons. The van der Waals surface area contributed by atoms with Crippen molar-refractivity contribution in [3.8, 4) is 11.4 Å². The Morgan fingerprint density at radius 3 is 2.50 bits per heavy atom. The van der Waals surface area contributed by atoms with E-state index in [0.29, 0.717) is 11.5 Å². The fourth-order valence-corrected chi connectivity index (χ4v) is 3.46. The van der Waals surface area contributed by atoms with Gasteiger partial charge in [-0.25, -0.2) is 4.73 Å². The van der Waals surface area contributed by atoms with Crippen LogP contribution in [0.4, 0.5) is 0 Å². The van der Waals surface area contributed by atoms with Crippen molar-refractivity contribution in [2.75, 3.05) is 0 Å². The summed E-state index contributed by atoms with van der Waals surface area (Å²) in [6.07, 6.45) is 0. The van der Waals surface area contributed by atoms with Gasteiger partial charge >= 0.3 is 5.82 Å². The molecule has 3 aromatic rings. The maximum Gasteiger partial charge on any atom is 0.334 e. The lowest BCUT2D eigenvalue weighted by molar-refractivity contribution is -0.601. The Balaban J connectivity index is 2.39. The summed E-state index contributed by atoms with van der Waals surface area (Å²) in [4.78, 5) is 4.53. The molecule has 1 aromatic heterocycles. The van der Waals surface area contributed by atoms with E-state index in [1.54, 1.807) is 0 Å². The summed E-state index contributed by atoms with van der Waals surface area (Å²) in [5.74, 6) is 0.415. The highest BCUT2D eigenvalue weighted by atomic mass is 79.9. The van der Waals surface area contributed by atoms with Gasteiger partial charge in [0, 0.05) is 4.47 Å². The second-order valence-electron chi connectivity index (χ2n) is 4.47. The molecule has 0 aliphatic carbocycles. The van der Waals surface area contributed by atoms with Crippen molar-refractivity contribution >= 4 is 42.8 Å². The van der Waals surface area contributed by atoms with E-state index in [9.17, 15) is 5.21 Å². The van der Waals surface area contributed by atoms with Crippen molar-refractivity contribution in [1.29, 1.82) is 0 Å². The summed E-state index contributed by atoms with van der Waals surface area (Å²) < 4.78 is 2.66. The zero-order valence-electron chi connectivity index (χ0n) is 10.6. The maximum absolute atomic E-state index is 12.4. The summed E-state index contributed by atoms with van der Waals surface area (Å²) in [5, 5.41) is 13.3. The zero-order valence-corrected chi connectivity index (χ0v) is 13.8. The Labute approximate surface area is 133 Å². The monoisotopic (exact) mass is 392 g/mol. The molecule has 0 N–H and O–H groups in total. The largest absolute Gasteiger partial charge is 0.710 e. The highest BCUT2D eigenvalue weighted by Gasteiger charge is 2.19. The van der Waals surface area contributed by atoms with Crippen molar-refractivity contribution in [2.45, 2.75) is 6.92 Å². The van der Waals surface area contributed by atoms with Gasteiger partial charge in [0.05, 0.1) is 15.4 Å². The number of benzene rings is 2. The van der Waals surface area contributed by atoms with Crippen LogP contribution in [0.2, 0.25) is 0 Å². The number of aromatic nitrogens is 2. The first kappa shape index (κ1) is 13.5. The topological polar surface area (TPSA) is 39.8 Å². The fourth-order valence-electron chi connectivity index (χ4n) is 2.14. The standard InChI is InChI=1S/C15H10Br2N2O/c1-9-12-7-11(16)8-13(17)14(12)18-15(19(9)20)10-5-3-2-4-6-10/h2-8H,1H3. The molecule has 0 spiro atoms. The van der Waals surface area contributed by atoms with Crippen LogP contribution in [-0.2, 0) is 0 Å². The molecular weight excluding hydrogens is 384 g/mol. The molecular formula is C15H10Br2N2O. The quantitative estimate of drug-likeness (QED) is 0.455. The first-order valence-corrected chi connectivity index (χ1v) is 7.61. The molecule has 0 saturated heterocycles. The first-order valence-electron chi connectivity index (χ1n) is 6.02. The van der Waals surface area contributed by atoms with Gasteiger partial charge in [0.2, 0.25) is 5.52 Å². The van der Waals surface area contributed by atoms with E-state index in [-0.39, 0.29) is 0 Å². The third-order valence-corrected chi connectivity index (χ3v) is 4.23. The highest BCUT2D eigenvalue weighted by Crippen LogP contribution is 2.29. The predicted molar refractivity (Wildman–Crippen MR) is 86.3 cm³/mol. The van der Waals surface area contributed by atoms with Crippen LogP contribution >= 0.6 is 31.9 Å². The smallest absolute Gasteiger partial charge is 0.334 e. The van der Waals surface area contributed by atoms with E-state index >= 15 is 0 Å². The lowest BCUT2D eigenvalue weighted by Gasteiger charge is -2.12. The van der Waals surface area contributed by atoms with E-state index in [1.807, 2.05) is 49.4 Å². The zero-order chi connectivity index (χ0) is 14.3. The van der Waals surface area contributed by atoms with E-state index in [2.05, 4.69) is 36.8 Å². The van der Waals surface area contributed by atoms with E-state index in [0.717, 1.165) is 30.1 Å². The van der Waals surface area contributed by atoms with Crippen LogP contribution in [0.15, 0.2) is 51.4 Å². The van der Waals surface area contributed by atoms with Crippen LogP contribution in [0.1, 0.15) is 5.69 Å². The van der Waals surface area contributed by atoms with Gasteiger partial charge in [0.1, 0.15) is 5.69 Å². The molecule has 0 aliphatic rings. The summed E-state index contributed by atoms with van der Waals surface area (Å²) >= 11 is 6.95. The van der Waals surface area contributed by atoms with Crippen molar-refractivity contribution in [2.24, 2.45) is 0 Å². The molecule has 0 aliphatic heterocycles. The molecule has 0 fully saturated rings. The summed E-state index contributed by atoms with van der Waals surface area (Å²) in [5.41, 5.74) is 2.23. The number of rotatable bonds is 1. The normalized spacial score (nSPS) is 10.9. The molecule has 0 saturated carbocycles. The average Bonchev–Trinajstić information content (AvgIpc) is 2.44. The summed E-state index contributed by atoms with van der Waals surface area (Å²) in [6, 6.07) is 13.3. The molecule has 3 nitrogen and oxygen atoms in total. The fraction of sp³-hybridized carbons (Fsp3) is 0.0667. The van der Waals surface area contributed by atoms with Gasteiger partial charge in [-0.1, -0.05) is 34.1 Å². The van der Waals surface area contributed by atoms with Crippen molar-refractivity contribution in [3.05, 3.63) is 62.3 Å². The van der Waals surface area contributed by atoms with Crippen LogP contribution < -0.4 is 4.73 Å². The number of hydrogen-bond donors (Lipinski definition) is 0. The number of halogens is 2. The molecule has 1 heterocycles. The highest BCUT2D eigenvalue weighted by molar-refractivity contribution is 9.11.